The van der Waals surface area contributed by atoms with Crippen LogP contribution in [0, 0.1) is 5.82 Å². The van der Waals surface area contributed by atoms with Crippen LogP contribution in [0.25, 0.3) is 0 Å². The van der Waals surface area contributed by atoms with Gasteiger partial charge in [-0.2, -0.15) is 0 Å². The quantitative estimate of drug-likeness (QED) is 0.659. The maximum atomic E-state index is 13.0. The van der Waals surface area contributed by atoms with Crippen LogP contribution < -0.4 is 0 Å². The first-order valence-corrected chi connectivity index (χ1v) is 7.11. The zero-order valence-corrected chi connectivity index (χ0v) is 11.7. The van der Waals surface area contributed by atoms with E-state index in [2.05, 4.69) is 40.2 Å². The number of halogens is 2. The van der Waals surface area contributed by atoms with E-state index in [0.717, 1.165) is 24.8 Å². The largest absolute Gasteiger partial charge is 0.207 e. The van der Waals surface area contributed by atoms with Crippen molar-refractivity contribution in [1.29, 1.82) is 0 Å². The molecule has 0 N–H and O–H groups in total. The van der Waals surface area contributed by atoms with E-state index in [1.54, 1.807) is 12.1 Å². The van der Waals surface area contributed by atoms with Crippen molar-refractivity contribution in [3.63, 3.8) is 0 Å². The Balaban J connectivity index is 1.82. The van der Waals surface area contributed by atoms with E-state index in [9.17, 15) is 4.39 Å². The van der Waals surface area contributed by atoms with Crippen LogP contribution in [0.4, 0.5) is 4.39 Å². The van der Waals surface area contributed by atoms with Crippen molar-refractivity contribution in [2.75, 3.05) is 0 Å². The Kier molecular flexibility index (Phi) is 4.94. The second-order valence-corrected chi connectivity index (χ2v) is 5.51. The second-order valence-electron chi connectivity index (χ2n) is 4.40. The van der Waals surface area contributed by atoms with Gasteiger partial charge in [-0.15, -0.1) is 0 Å². The summed E-state index contributed by atoms with van der Waals surface area (Å²) in [7, 11) is 0. The number of rotatable bonds is 5. The van der Waals surface area contributed by atoms with Crippen molar-refractivity contribution < 1.29 is 4.39 Å². The Labute approximate surface area is 116 Å². The molecule has 2 aromatic rings. The summed E-state index contributed by atoms with van der Waals surface area (Å²) in [5.41, 5.74) is 2.37. The fourth-order valence-corrected chi connectivity index (χ4v) is 2.64. The van der Waals surface area contributed by atoms with Gasteiger partial charge in [0.2, 0.25) is 0 Å². The summed E-state index contributed by atoms with van der Waals surface area (Å²) in [4.78, 5) is 0.382. The molecule has 0 saturated carbocycles. The van der Waals surface area contributed by atoms with Gasteiger partial charge in [-0.3, -0.25) is 0 Å². The lowest BCUT2D eigenvalue weighted by atomic mass is 10.0. The SMILES string of the molecule is Fc1cccc(CCCC(Br)c2ccccc2)c1. The van der Waals surface area contributed by atoms with Crippen molar-refractivity contribution >= 4 is 15.9 Å². The van der Waals surface area contributed by atoms with E-state index in [0.29, 0.717) is 4.83 Å². The Bertz CT molecular complexity index is 481. The maximum absolute atomic E-state index is 13.0. The molecule has 2 aromatic carbocycles. The van der Waals surface area contributed by atoms with E-state index >= 15 is 0 Å². The minimum atomic E-state index is -0.147. The lowest BCUT2D eigenvalue weighted by molar-refractivity contribution is 0.623. The molecule has 0 amide bonds. The highest BCUT2D eigenvalue weighted by Crippen LogP contribution is 2.28. The Hall–Kier alpha value is -1.15. The molecule has 0 aliphatic rings. The number of hydrogen-bond donors (Lipinski definition) is 0. The van der Waals surface area contributed by atoms with E-state index < -0.39 is 0 Å². The average molecular weight is 307 g/mol. The van der Waals surface area contributed by atoms with Crippen LogP contribution in [0.3, 0.4) is 0 Å². The summed E-state index contributed by atoms with van der Waals surface area (Å²) in [5.74, 6) is -0.147. The standard InChI is InChI=1S/C16H16BrF/c17-16(14-8-2-1-3-9-14)11-5-7-13-6-4-10-15(18)12-13/h1-4,6,8-10,12,16H,5,7,11H2. The smallest absolute Gasteiger partial charge is 0.123 e. The van der Waals surface area contributed by atoms with Crippen LogP contribution in [0.1, 0.15) is 28.8 Å². The zero-order valence-electron chi connectivity index (χ0n) is 10.2. The highest BCUT2D eigenvalue weighted by Gasteiger charge is 2.06. The molecule has 2 rings (SSSR count). The van der Waals surface area contributed by atoms with E-state index in [1.165, 1.54) is 11.6 Å². The molecule has 0 fully saturated rings. The topological polar surface area (TPSA) is 0 Å². The maximum Gasteiger partial charge on any atom is 0.123 e. The van der Waals surface area contributed by atoms with Gasteiger partial charge < -0.3 is 0 Å². The molecule has 0 bridgehead atoms. The molecule has 0 radical (unpaired) electrons. The zero-order chi connectivity index (χ0) is 12.8. The predicted octanol–water partition coefficient (Wildman–Crippen LogP) is 5.28. The van der Waals surface area contributed by atoms with Gasteiger partial charge in [-0.05, 0) is 42.5 Å². The van der Waals surface area contributed by atoms with Crippen molar-refractivity contribution in [1.82, 2.24) is 0 Å². The summed E-state index contributed by atoms with van der Waals surface area (Å²) in [6, 6.07) is 17.2. The molecule has 0 spiro atoms. The molecule has 0 nitrogen and oxygen atoms in total. The summed E-state index contributed by atoms with van der Waals surface area (Å²) in [6.45, 7) is 0. The predicted molar refractivity (Wildman–Crippen MR) is 77.4 cm³/mol. The molecule has 94 valence electrons. The van der Waals surface area contributed by atoms with Gasteiger partial charge in [0, 0.05) is 4.83 Å². The second kappa shape index (κ2) is 6.69. The summed E-state index contributed by atoms with van der Waals surface area (Å²) in [5, 5.41) is 0. The third-order valence-electron chi connectivity index (χ3n) is 2.97. The van der Waals surface area contributed by atoms with Gasteiger partial charge in [-0.1, -0.05) is 58.4 Å². The molecule has 0 heterocycles. The van der Waals surface area contributed by atoms with Gasteiger partial charge in [0.15, 0.2) is 0 Å². The normalized spacial score (nSPS) is 12.3. The number of benzene rings is 2. The fraction of sp³-hybridized carbons (Fsp3) is 0.250. The molecule has 0 aliphatic carbocycles. The lowest BCUT2D eigenvalue weighted by Gasteiger charge is -2.09. The summed E-state index contributed by atoms with van der Waals surface area (Å²) in [6.07, 6.45) is 3.03. The van der Waals surface area contributed by atoms with Crippen molar-refractivity contribution in [2.24, 2.45) is 0 Å². The third-order valence-corrected chi connectivity index (χ3v) is 3.96. The molecule has 0 aliphatic heterocycles. The molecule has 2 heteroatoms. The minimum Gasteiger partial charge on any atom is -0.207 e. The summed E-state index contributed by atoms with van der Waals surface area (Å²) >= 11 is 3.70. The first kappa shape index (κ1) is 13.3. The number of aryl methyl sites for hydroxylation is 1. The van der Waals surface area contributed by atoms with Gasteiger partial charge in [0.25, 0.3) is 0 Å². The molecule has 1 unspecified atom stereocenters. The molecule has 0 saturated heterocycles. The van der Waals surface area contributed by atoms with Crippen LogP contribution >= 0.6 is 15.9 Å². The third kappa shape index (κ3) is 3.95. The Morgan fingerprint density at radius 3 is 2.50 bits per heavy atom. The van der Waals surface area contributed by atoms with Crippen LogP contribution in [-0.2, 0) is 6.42 Å². The molecular formula is C16H16BrF. The van der Waals surface area contributed by atoms with E-state index in [4.69, 9.17) is 0 Å². The Morgan fingerprint density at radius 1 is 1.00 bits per heavy atom. The lowest BCUT2D eigenvalue weighted by Crippen LogP contribution is -1.92. The highest BCUT2D eigenvalue weighted by atomic mass is 79.9. The van der Waals surface area contributed by atoms with Gasteiger partial charge in [-0.25, -0.2) is 4.39 Å². The van der Waals surface area contributed by atoms with E-state index in [-0.39, 0.29) is 5.82 Å². The van der Waals surface area contributed by atoms with E-state index in [1.807, 2.05) is 12.1 Å². The van der Waals surface area contributed by atoms with Gasteiger partial charge in [0.1, 0.15) is 5.82 Å². The van der Waals surface area contributed by atoms with Crippen molar-refractivity contribution in [2.45, 2.75) is 24.1 Å². The minimum absolute atomic E-state index is 0.147. The first-order valence-electron chi connectivity index (χ1n) is 6.19. The van der Waals surface area contributed by atoms with Gasteiger partial charge >= 0.3 is 0 Å². The van der Waals surface area contributed by atoms with Crippen LogP contribution in [-0.4, -0.2) is 0 Å². The summed E-state index contributed by atoms with van der Waals surface area (Å²) < 4.78 is 13.0. The molecule has 0 aromatic heterocycles. The highest BCUT2D eigenvalue weighted by molar-refractivity contribution is 9.09. The monoisotopic (exact) mass is 306 g/mol. The first-order chi connectivity index (χ1) is 8.75. The number of hydrogen-bond acceptors (Lipinski definition) is 0. The fourth-order valence-electron chi connectivity index (χ4n) is 2.01. The number of alkyl halides is 1. The average Bonchev–Trinajstić information content (AvgIpc) is 2.40. The van der Waals surface area contributed by atoms with Crippen LogP contribution in [0.15, 0.2) is 54.6 Å². The van der Waals surface area contributed by atoms with Crippen molar-refractivity contribution in [3.8, 4) is 0 Å². The molecule has 18 heavy (non-hydrogen) atoms. The van der Waals surface area contributed by atoms with Gasteiger partial charge in [0.05, 0.1) is 0 Å². The van der Waals surface area contributed by atoms with Crippen LogP contribution in [0.5, 0.6) is 0 Å². The van der Waals surface area contributed by atoms with Crippen molar-refractivity contribution in [3.05, 3.63) is 71.5 Å². The Morgan fingerprint density at radius 2 is 1.78 bits per heavy atom. The molecule has 1 atom stereocenters. The van der Waals surface area contributed by atoms with Crippen LogP contribution in [0.2, 0.25) is 0 Å². The molecular weight excluding hydrogens is 291 g/mol.